The highest BCUT2D eigenvalue weighted by atomic mass is 32.2. The molecule has 0 aromatic heterocycles. The van der Waals surface area contributed by atoms with Crippen LogP contribution in [0.3, 0.4) is 0 Å². The van der Waals surface area contributed by atoms with E-state index in [1.807, 2.05) is 20.0 Å². The van der Waals surface area contributed by atoms with Crippen LogP contribution in [0.2, 0.25) is 0 Å². The molecular weight excluding hydrogens is 224 g/mol. The lowest BCUT2D eigenvalue weighted by atomic mass is 10.1. The fourth-order valence-corrected chi connectivity index (χ4v) is 2.05. The van der Waals surface area contributed by atoms with Crippen molar-refractivity contribution in [1.82, 2.24) is 4.90 Å². The zero-order valence-corrected chi connectivity index (χ0v) is 10.7. The molecule has 0 saturated carbocycles. The summed E-state index contributed by atoms with van der Waals surface area (Å²) in [6, 6.07) is 6.94. The molecule has 0 aliphatic heterocycles. The van der Waals surface area contributed by atoms with Crippen molar-refractivity contribution in [3.63, 3.8) is 0 Å². The number of hydrogen-bond acceptors (Lipinski definition) is 3. The normalized spacial score (nSPS) is 14.1. The van der Waals surface area contributed by atoms with Crippen LogP contribution in [-0.2, 0) is 10.0 Å². The van der Waals surface area contributed by atoms with Crippen molar-refractivity contribution in [3.05, 3.63) is 29.8 Å². The van der Waals surface area contributed by atoms with Gasteiger partial charge in [0.25, 0.3) is 0 Å². The largest absolute Gasteiger partial charge is 0.300 e. The summed E-state index contributed by atoms with van der Waals surface area (Å²) in [6.45, 7) is 4.99. The highest BCUT2D eigenvalue weighted by Crippen LogP contribution is 2.20. The molecule has 0 unspecified atom stereocenters. The van der Waals surface area contributed by atoms with Crippen molar-refractivity contribution in [1.29, 1.82) is 0 Å². The molecule has 0 spiro atoms. The van der Waals surface area contributed by atoms with Gasteiger partial charge in [0.05, 0.1) is 4.90 Å². The minimum atomic E-state index is -3.61. The smallest absolute Gasteiger partial charge is 0.238 e. The molecule has 0 radical (unpaired) electrons. The van der Waals surface area contributed by atoms with Gasteiger partial charge >= 0.3 is 0 Å². The van der Waals surface area contributed by atoms with Crippen LogP contribution in [0.25, 0.3) is 0 Å². The molecule has 1 atom stereocenters. The number of primary sulfonamides is 1. The monoisotopic (exact) mass is 242 g/mol. The second kappa shape index (κ2) is 4.95. The highest BCUT2D eigenvalue weighted by Gasteiger charge is 2.13. The maximum absolute atomic E-state index is 11.2. The average molecular weight is 242 g/mol. The average Bonchev–Trinajstić information content (AvgIpc) is 2.26. The molecule has 1 rings (SSSR count). The number of sulfonamides is 1. The van der Waals surface area contributed by atoms with E-state index in [4.69, 9.17) is 5.14 Å². The highest BCUT2D eigenvalue weighted by molar-refractivity contribution is 7.89. The third-order valence-corrected chi connectivity index (χ3v) is 3.74. The molecule has 0 fully saturated rings. The van der Waals surface area contributed by atoms with Crippen LogP contribution in [-0.4, -0.2) is 26.9 Å². The van der Waals surface area contributed by atoms with Crippen molar-refractivity contribution in [2.45, 2.75) is 24.8 Å². The Balaban J connectivity index is 3.08. The Morgan fingerprint density at radius 1 is 1.44 bits per heavy atom. The Morgan fingerprint density at radius 3 is 2.56 bits per heavy atom. The first kappa shape index (κ1) is 13.2. The van der Waals surface area contributed by atoms with Gasteiger partial charge in [0.15, 0.2) is 0 Å². The van der Waals surface area contributed by atoms with E-state index in [2.05, 4.69) is 11.8 Å². The summed E-state index contributed by atoms with van der Waals surface area (Å²) in [5.74, 6) is 0. The van der Waals surface area contributed by atoms with E-state index in [1.54, 1.807) is 12.1 Å². The van der Waals surface area contributed by atoms with Gasteiger partial charge in [0, 0.05) is 6.04 Å². The van der Waals surface area contributed by atoms with E-state index in [1.165, 1.54) is 6.07 Å². The van der Waals surface area contributed by atoms with Gasteiger partial charge in [-0.2, -0.15) is 0 Å². The van der Waals surface area contributed by atoms with Gasteiger partial charge in [-0.25, -0.2) is 13.6 Å². The quantitative estimate of drug-likeness (QED) is 0.866. The van der Waals surface area contributed by atoms with Crippen molar-refractivity contribution >= 4 is 10.0 Å². The predicted octanol–water partition coefficient (Wildman–Crippen LogP) is 1.35. The third-order valence-electron chi connectivity index (χ3n) is 2.83. The van der Waals surface area contributed by atoms with Gasteiger partial charge in [0.1, 0.15) is 0 Å². The summed E-state index contributed by atoms with van der Waals surface area (Å²) in [6.07, 6.45) is 0. The maximum atomic E-state index is 11.2. The van der Waals surface area contributed by atoms with Crippen molar-refractivity contribution in [3.8, 4) is 0 Å². The third kappa shape index (κ3) is 3.04. The Hall–Kier alpha value is -0.910. The van der Waals surface area contributed by atoms with Crippen molar-refractivity contribution in [2.24, 2.45) is 5.14 Å². The lowest BCUT2D eigenvalue weighted by molar-refractivity contribution is 0.275. The molecule has 5 heteroatoms. The predicted molar refractivity (Wildman–Crippen MR) is 64.5 cm³/mol. The van der Waals surface area contributed by atoms with Gasteiger partial charge in [0.2, 0.25) is 10.0 Å². The first-order valence-electron chi connectivity index (χ1n) is 5.19. The van der Waals surface area contributed by atoms with E-state index < -0.39 is 10.0 Å². The minimum Gasteiger partial charge on any atom is -0.300 e. The molecule has 0 saturated heterocycles. The Labute approximate surface area is 97.1 Å². The zero-order valence-electron chi connectivity index (χ0n) is 9.84. The number of benzene rings is 1. The summed E-state index contributed by atoms with van der Waals surface area (Å²) >= 11 is 0. The van der Waals surface area contributed by atoms with Crippen LogP contribution in [0.5, 0.6) is 0 Å². The minimum absolute atomic E-state index is 0.168. The van der Waals surface area contributed by atoms with Crippen LogP contribution in [0.1, 0.15) is 25.5 Å². The van der Waals surface area contributed by atoms with Gasteiger partial charge in [-0.3, -0.25) is 4.90 Å². The molecule has 0 aliphatic rings. The Bertz CT molecular complexity index is 457. The molecule has 1 aromatic carbocycles. The van der Waals surface area contributed by atoms with E-state index in [9.17, 15) is 8.42 Å². The standard InChI is InChI=1S/C11H18N2O2S/c1-4-13(3)9(2)10-6-5-7-11(8-10)16(12,14)15/h5-9H,4H2,1-3H3,(H2,12,14,15)/t9-/m0/s1. The number of hydrogen-bond donors (Lipinski definition) is 1. The van der Waals surface area contributed by atoms with Crippen LogP contribution >= 0.6 is 0 Å². The van der Waals surface area contributed by atoms with Crippen LogP contribution in [0, 0.1) is 0 Å². The van der Waals surface area contributed by atoms with Crippen molar-refractivity contribution < 1.29 is 8.42 Å². The molecule has 2 N–H and O–H groups in total. The van der Waals surface area contributed by atoms with Crippen LogP contribution < -0.4 is 5.14 Å². The molecule has 0 heterocycles. The van der Waals surface area contributed by atoms with Crippen molar-refractivity contribution in [2.75, 3.05) is 13.6 Å². The topological polar surface area (TPSA) is 63.4 Å². The number of nitrogens with zero attached hydrogens (tertiary/aromatic N) is 1. The van der Waals surface area contributed by atoms with E-state index in [0.29, 0.717) is 0 Å². The Kier molecular flexibility index (Phi) is 4.07. The molecular formula is C11H18N2O2S. The van der Waals surface area contributed by atoms with Gasteiger partial charge in [-0.05, 0) is 38.2 Å². The van der Waals surface area contributed by atoms with Crippen LogP contribution in [0.4, 0.5) is 0 Å². The number of nitrogens with two attached hydrogens (primary N) is 1. The maximum Gasteiger partial charge on any atom is 0.238 e. The second-order valence-corrected chi connectivity index (χ2v) is 5.43. The van der Waals surface area contributed by atoms with Gasteiger partial charge < -0.3 is 0 Å². The fraction of sp³-hybridized carbons (Fsp3) is 0.455. The van der Waals surface area contributed by atoms with E-state index in [-0.39, 0.29) is 10.9 Å². The van der Waals surface area contributed by atoms with E-state index >= 15 is 0 Å². The number of rotatable bonds is 4. The summed E-state index contributed by atoms with van der Waals surface area (Å²) in [7, 11) is -1.62. The molecule has 0 aliphatic carbocycles. The van der Waals surface area contributed by atoms with Crippen LogP contribution in [0.15, 0.2) is 29.2 Å². The molecule has 90 valence electrons. The van der Waals surface area contributed by atoms with Gasteiger partial charge in [-0.15, -0.1) is 0 Å². The Morgan fingerprint density at radius 2 is 2.06 bits per heavy atom. The molecule has 0 amide bonds. The zero-order chi connectivity index (χ0) is 12.3. The summed E-state index contributed by atoms with van der Waals surface area (Å²) < 4.78 is 22.4. The summed E-state index contributed by atoms with van der Waals surface area (Å²) in [4.78, 5) is 2.30. The van der Waals surface area contributed by atoms with E-state index in [0.717, 1.165) is 12.1 Å². The molecule has 0 bridgehead atoms. The molecule has 1 aromatic rings. The SMILES string of the molecule is CCN(C)[C@@H](C)c1cccc(S(N)(=O)=O)c1. The molecule has 4 nitrogen and oxygen atoms in total. The first-order chi connectivity index (χ1) is 7.36. The summed E-state index contributed by atoms with van der Waals surface area (Å²) in [5.41, 5.74) is 0.955. The lowest BCUT2D eigenvalue weighted by Gasteiger charge is -2.23. The lowest BCUT2D eigenvalue weighted by Crippen LogP contribution is -2.22. The van der Waals surface area contributed by atoms with Gasteiger partial charge in [-0.1, -0.05) is 19.1 Å². The molecule has 16 heavy (non-hydrogen) atoms. The summed E-state index contributed by atoms with van der Waals surface area (Å²) in [5, 5.41) is 5.09. The fourth-order valence-electron chi connectivity index (χ4n) is 1.48. The second-order valence-electron chi connectivity index (χ2n) is 3.87. The first-order valence-corrected chi connectivity index (χ1v) is 6.74.